The molecule has 0 bridgehead atoms. The van der Waals surface area contributed by atoms with Gasteiger partial charge in [-0.05, 0) is 62.5 Å². The molecule has 5 rings (SSSR count). The minimum atomic E-state index is -0.210. The van der Waals surface area contributed by atoms with Crippen LogP contribution >= 0.6 is 0 Å². The number of pyridine rings is 1. The first kappa shape index (κ1) is 26.6. The summed E-state index contributed by atoms with van der Waals surface area (Å²) >= 11 is 0. The number of anilines is 2. The maximum absolute atomic E-state index is 12.5. The van der Waals surface area contributed by atoms with E-state index in [2.05, 4.69) is 26.8 Å². The average Bonchev–Trinajstić information content (AvgIpc) is 3.22. The summed E-state index contributed by atoms with van der Waals surface area (Å²) in [6.07, 6.45) is 1.47. The third kappa shape index (κ3) is 5.41. The lowest BCUT2D eigenvalue weighted by atomic mass is 9.98. The summed E-state index contributed by atoms with van der Waals surface area (Å²) < 4.78 is 7.97. The zero-order valence-corrected chi connectivity index (χ0v) is 23.0. The van der Waals surface area contributed by atoms with Crippen LogP contribution in [0.15, 0.2) is 85.2 Å². The van der Waals surface area contributed by atoms with Gasteiger partial charge < -0.3 is 25.3 Å². The molecule has 3 N–H and O–H groups in total. The SMILES string of the molecule is C=C(CN(C)C)C(=O)Nc1ccc(-c2c(-c3ccc(Oc4cccc(C)n4)cc3)c3c(N)ncnc3n2C)cc1. The fourth-order valence-corrected chi connectivity index (χ4v) is 4.66. The molecule has 0 aliphatic carbocycles. The summed E-state index contributed by atoms with van der Waals surface area (Å²) in [4.78, 5) is 27.6. The van der Waals surface area contributed by atoms with E-state index in [0.29, 0.717) is 35.3 Å². The number of nitrogen functional groups attached to an aromatic ring is 1. The monoisotopic (exact) mass is 533 g/mol. The Hall–Kier alpha value is -5.02. The highest BCUT2D eigenvalue weighted by atomic mass is 16.5. The van der Waals surface area contributed by atoms with Gasteiger partial charge in [0.25, 0.3) is 5.91 Å². The van der Waals surface area contributed by atoms with E-state index in [0.717, 1.165) is 39.1 Å². The zero-order valence-electron chi connectivity index (χ0n) is 23.0. The summed E-state index contributed by atoms with van der Waals surface area (Å²) in [6.45, 7) is 6.29. The molecule has 2 aromatic carbocycles. The fourth-order valence-electron chi connectivity index (χ4n) is 4.66. The molecule has 0 saturated heterocycles. The number of fused-ring (bicyclic) bond motifs is 1. The topological polar surface area (TPSA) is 111 Å². The standard InChI is InChI=1S/C31H31N7O2/c1-19(17-37(3)4)31(39)36-23-13-9-22(10-14-23)28-26(27-29(32)33-18-34-30(27)38(28)5)21-11-15-24(16-12-21)40-25-8-6-7-20(2)35-25/h6-16,18H,1,17H2,2-5H3,(H,36,39)(H2,32,33,34). The van der Waals surface area contributed by atoms with Crippen LogP contribution in [0.5, 0.6) is 11.6 Å². The first-order chi connectivity index (χ1) is 19.2. The predicted molar refractivity (Wildman–Crippen MR) is 159 cm³/mol. The molecular formula is C31H31N7O2. The summed E-state index contributed by atoms with van der Waals surface area (Å²) in [5.41, 5.74) is 12.9. The number of benzene rings is 2. The number of nitrogens with one attached hydrogen (secondary N) is 1. The number of hydrogen-bond acceptors (Lipinski definition) is 7. The molecule has 5 aromatic rings. The quantitative estimate of drug-likeness (QED) is 0.256. The molecule has 9 nitrogen and oxygen atoms in total. The second kappa shape index (κ2) is 11.0. The Labute approximate surface area is 233 Å². The van der Waals surface area contributed by atoms with Gasteiger partial charge in [-0.1, -0.05) is 36.9 Å². The van der Waals surface area contributed by atoms with Gasteiger partial charge >= 0.3 is 0 Å². The Kier molecular flexibility index (Phi) is 7.31. The number of hydrogen-bond donors (Lipinski definition) is 2. The van der Waals surface area contributed by atoms with Crippen molar-refractivity contribution in [3.05, 3.63) is 90.9 Å². The Bertz CT molecular complexity index is 1710. The van der Waals surface area contributed by atoms with Crippen molar-refractivity contribution in [1.29, 1.82) is 0 Å². The van der Waals surface area contributed by atoms with Gasteiger partial charge in [0.15, 0.2) is 0 Å². The van der Waals surface area contributed by atoms with Crippen molar-refractivity contribution < 1.29 is 9.53 Å². The van der Waals surface area contributed by atoms with Crippen LogP contribution in [0, 0.1) is 6.92 Å². The third-order valence-electron chi connectivity index (χ3n) is 6.47. The number of nitrogens with zero attached hydrogens (tertiary/aromatic N) is 5. The van der Waals surface area contributed by atoms with Crippen LogP contribution in [-0.2, 0) is 11.8 Å². The predicted octanol–water partition coefficient (Wildman–Crippen LogP) is 5.44. The van der Waals surface area contributed by atoms with Gasteiger partial charge in [-0.3, -0.25) is 4.79 Å². The second-order valence-electron chi connectivity index (χ2n) is 9.86. The van der Waals surface area contributed by atoms with E-state index in [4.69, 9.17) is 10.5 Å². The highest BCUT2D eigenvalue weighted by Crippen LogP contribution is 2.42. The van der Waals surface area contributed by atoms with E-state index in [9.17, 15) is 4.79 Å². The molecule has 0 saturated carbocycles. The number of carbonyl (C=O) groups is 1. The molecule has 0 aliphatic rings. The summed E-state index contributed by atoms with van der Waals surface area (Å²) in [7, 11) is 5.75. The van der Waals surface area contributed by atoms with Crippen LogP contribution in [-0.4, -0.2) is 51.0 Å². The third-order valence-corrected chi connectivity index (χ3v) is 6.47. The molecule has 3 heterocycles. The molecule has 0 atom stereocenters. The molecule has 0 fully saturated rings. The minimum Gasteiger partial charge on any atom is -0.439 e. The Morgan fingerprint density at radius 2 is 1.73 bits per heavy atom. The largest absolute Gasteiger partial charge is 0.439 e. The fraction of sp³-hybridized carbons (Fsp3) is 0.161. The van der Waals surface area contributed by atoms with E-state index in [1.165, 1.54) is 6.33 Å². The Morgan fingerprint density at radius 3 is 2.40 bits per heavy atom. The number of nitrogens with two attached hydrogens (primary N) is 1. The number of aromatic nitrogens is 4. The molecule has 0 radical (unpaired) electrons. The molecule has 40 heavy (non-hydrogen) atoms. The van der Waals surface area contributed by atoms with Gasteiger partial charge in [-0.25, -0.2) is 15.0 Å². The van der Waals surface area contributed by atoms with Crippen LogP contribution in [0.3, 0.4) is 0 Å². The lowest BCUT2D eigenvalue weighted by molar-refractivity contribution is -0.113. The van der Waals surface area contributed by atoms with Crippen molar-refractivity contribution in [3.8, 4) is 34.0 Å². The molecule has 3 aromatic heterocycles. The summed E-state index contributed by atoms with van der Waals surface area (Å²) in [5, 5.41) is 3.69. The lowest BCUT2D eigenvalue weighted by Crippen LogP contribution is -2.23. The van der Waals surface area contributed by atoms with E-state index < -0.39 is 0 Å². The average molecular weight is 534 g/mol. The molecule has 0 unspecified atom stereocenters. The van der Waals surface area contributed by atoms with Crippen molar-refractivity contribution in [1.82, 2.24) is 24.4 Å². The van der Waals surface area contributed by atoms with Gasteiger partial charge in [-0.2, -0.15) is 0 Å². The van der Waals surface area contributed by atoms with Crippen LogP contribution in [0.2, 0.25) is 0 Å². The van der Waals surface area contributed by atoms with Crippen LogP contribution in [0.1, 0.15) is 5.69 Å². The van der Waals surface area contributed by atoms with Crippen LogP contribution in [0.25, 0.3) is 33.4 Å². The van der Waals surface area contributed by atoms with E-state index in [-0.39, 0.29) is 5.91 Å². The molecule has 1 amide bonds. The van der Waals surface area contributed by atoms with Gasteiger partial charge in [0.2, 0.25) is 5.88 Å². The number of aryl methyl sites for hydroxylation is 2. The smallest absolute Gasteiger partial charge is 0.252 e. The maximum Gasteiger partial charge on any atom is 0.252 e. The van der Waals surface area contributed by atoms with Gasteiger partial charge in [0.1, 0.15) is 23.5 Å². The normalized spacial score (nSPS) is 11.1. The maximum atomic E-state index is 12.5. The van der Waals surface area contributed by atoms with Crippen molar-refractivity contribution in [2.24, 2.45) is 7.05 Å². The first-order valence-electron chi connectivity index (χ1n) is 12.8. The highest BCUT2D eigenvalue weighted by molar-refractivity contribution is 6.08. The highest BCUT2D eigenvalue weighted by Gasteiger charge is 2.22. The molecule has 9 heteroatoms. The van der Waals surface area contributed by atoms with Crippen LogP contribution < -0.4 is 15.8 Å². The minimum absolute atomic E-state index is 0.210. The molecule has 202 valence electrons. The Balaban J connectivity index is 1.51. The van der Waals surface area contributed by atoms with Crippen LogP contribution in [0.4, 0.5) is 11.5 Å². The Morgan fingerprint density at radius 1 is 1.02 bits per heavy atom. The zero-order chi connectivity index (χ0) is 28.4. The molecule has 0 aliphatic heterocycles. The number of amides is 1. The molecule has 0 spiro atoms. The van der Waals surface area contributed by atoms with Gasteiger partial charge in [0, 0.05) is 42.2 Å². The number of ether oxygens (including phenoxy) is 1. The first-order valence-corrected chi connectivity index (χ1v) is 12.8. The van der Waals surface area contributed by atoms with E-state index in [1.807, 2.05) is 104 Å². The van der Waals surface area contributed by atoms with Gasteiger partial charge in [0.05, 0.1) is 11.1 Å². The van der Waals surface area contributed by atoms with Crippen molar-refractivity contribution >= 4 is 28.4 Å². The number of rotatable bonds is 8. The van der Waals surface area contributed by atoms with E-state index in [1.54, 1.807) is 0 Å². The van der Waals surface area contributed by atoms with E-state index >= 15 is 0 Å². The van der Waals surface area contributed by atoms with Crippen molar-refractivity contribution in [2.75, 3.05) is 31.7 Å². The van der Waals surface area contributed by atoms with Crippen molar-refractivity contribution in [2.45, 2.75) is 6.92 Å². The number of likely N-dealkylation sites (N-methyl/N-ethyl adjacent to an activating group) is 1. The second-order valence-corrected chi connectivity index (χ2v) is 9.86. The molecular weight excluding hydrogens is 502 g/mol. The summed E-state index contributed by atoms with van der Waals surface area (Å²) in [6, 6.07) is 21.1. The van der Waals surface area contributed by atoms with Gasteiger partial charge in [-0.15, -0.1) is 0 Å². The lowest BCUT2D eigenvalue weighted by Gasteiger charge is -2.13. The van der Waals surface area contributed by atoms with Crippen molar-refractivity contribution in [3.63, 3.8) is 0 Å². The number of carbonyl (C=O) groups excluding carboxylic acids is 1. The summed E-state index contributed by atoms with van der Waals surface area (Å²) in [5.74, 6) is 1.39.